The SMILES string of the molecule is C=CCn1c(COc2cc(Cl)ccc2Cl)nnc1SCC(=O)Nc1sc2c(c1C(=O)OC)CCCC2. The van der Waals surface area contributed by atoms with Crippen molar-refractivity contribution < 1.29 is 19.1 Å². The summed E-state index contributed by atoms with van der Waals surface area (Å²) in [5, 5.41) is 13.3. The highest BCUT2D eigenvalue weighted by Crippen LogP contribution is 2.38. The number of esters is 1. The molecule has 36 heavy (non-hydrogen) atoms. The number of ether oxygens (including phenoxy) is 2. The summed E-state index contributed by atoms with van der Waals surface area (Å²) in [6.07, 6.45) is 5.53. The van der Waals surface area contributed by atoms with E-state index in [4.69, 9.17) is 32.7 Å². The van der Waals surface area contributed by atoms with Gasteiger partial charge in [-0.3, -0.25) is 9.36 Å². The number of halogens is 2. The van der Waals surface area contributed by atoms with Crippen LogP contribution in [0.2, 0.25) is 10.0 Å². The van der Waals surface area contributed by atoms with Crippen LogP contribution in [-0.4, -0.2) is 39.5 Å². The minimum absolute atomic E-state index is 0.0828. The molecule has 0 saturated carbocycles. The van der Waals surface area contributed by atoms with Crippen LogP contribution in [0, 0.1) is 0 Å². The minimum Gasteiger partial charge on any atom is -0.484 e. The van der Waals surface area contributed by atoms with Crippen molar-refractivity contribution in [3.05, 3.63) is 62.7 Å². The molecular formula is C24H24Cl2N4O4S2. The first-order chi connectivity index (χ1) is 17.4. The maximum absolute atomic E-state index is 12.8. The van der Waals surface area contributed by atoms with Gasteiger partial charge >= 0.3 is 5.97 Å². The molecule has 0 saturated heterocycles. The lowest BCUT2D eigenvalue weighted by Crippen LogP contribution is -2.17. The lowest BCUT2D eigenvalue weighted by Gasteiger charge is -2.12. The number of anilines is 1. The summed E-state index contributed by atoms with van der Waals surface area (Å²) in [6, 6.07) is 4.96. The minimum atomic E-state index is -0.424. The molecule has 2 aromatic heterocycles. The third-order valence-electron chi connectivity index (χ3n) is 5.50. The van der Waals surface area contributed by atoms with E-state index >= 15 is 0 Å². The average molecular weight is 568 g/mol. The van der Waals surface area contributed by atoms with E-state index in [0.29, 0.717) is 43.9 Å². The molecule has 1 N–H and O–H groups in total. The Bertz CT molecular complexity index is 1290. The highest BCUT2D eigenvalue weighted by Gasteiger charge is 2.27. The van der Waals surface area contributed by atoms with Crippen molar-refractivity contribution in [2.75, 3.05) is 18.2 Å². The normalized spacial score (nSPS) is 12.6. The lowest BCUT2D eigenvalue weighted by atomic mass is 9.95. The zero-order valence-corrected chi connectivity index (χ0v) is 22.7. The number of amides is 1. The number of methoxy groups -OCH3 is 1. The quantitative estimate of drug-likeness (QED) is 0.188. The molecular weight excluding hydrogens is 543 g/mol. The molecule has 1 amide bonds. The Kier molecular flexibility index (Phi) is 8.95. The molecule has 0 unspecified atom stereocenters. The number of fused-ring (bicyclic) bond motifs is 1. The number of carbonyl (C=O) groups is 2. The Balaban J connectivity index is 1.43. The van der Waals surface area contributed by atoms with Crippen LogP contribution >= 0.6 is 46.3 Å². The van der Waals surface area contributed by atoms with E-state index in [2.05, 4.69) is 22.1 Å². The maximum atomic E-state index is 12.8. The second kappa shape index (κ2) is 12.1. The number of allylic oxidation sites excluding steroid dienone is 1. The molecule has 12 heteroatoms. The molecule has 4 rings (SSSR count). The van der Waals surface area contributed by atoms with E-state index in [1.54, 1.807) is 24.3 Å². The van der Waals surface area contributed by atoms with Crippen molar-refractivity contribution in [2.24, 2.45) is 0 Å². The van der Waals surface area contributed by atoms with Gasteiger partial charge < -0.3 is 14.8 Å². The number of hydrogen-bond acceptors (Lipinski definition) is 8. The van der Waals surface area contributed by atoms with Gasteiger partial charge in [-0.25, -0.2) is 4.79 Å². The molecule has 0 radical (unpaired) electrons. The van der Waals surface area contributed by atoms with Crippen LogP contribution in [0.5, 0.6) is 5.75 Å². The predicted octanol–water partition coefficient (Wildman–Crippen LogP) is 5.81. The first-order valence-corrected chi connectivity index (χ1v) is 13.7. The van der Waals surface area contributed by atoms with E-state index in [1.807, 2.05) is 4.57 Å². The van der Waals surface area contributed by atoms with E-state index in [9.17, 15) is 9.59 Å². The Morgan fingerprint density at radius 1 is 1.28 bits per heavy atom. The van der Waals surface area contributed by atoms with Crippen LogP contribution in [0.15, 0.2) is 36.0 Å². The average Bonchev–Trinajstić information content (AvgIpc) is 3.43. The van der Waals surface area contributed by atoms with Gasteiger partial charge in [-0.15, -0.1) is 28.1 Å². The fraction of sp³-hybridized carbons (Fsp3) is 0.333. The monoisotopic (exact) mass is 566 g/mol. The second-order valence-corrected chi connectivity index (χ2v) is 10.8. The smallest absolute Gasteiger partial charge is 0.341 e. The largest absolute Gasteiger partial charge is 0.484 e. The third-order valence-corrected chi connectivity index (χ3v) is 8.22. The Morgan fingerprint density at radius 3 is 2.86 bits per heavy atom. The van der Waals surface area contributed by atoms with Gasteiger partial charge in [0.1, 0.15) is 17.4 Å². The third kappa shape index (κ3) is 6.05. The van der Waals surface area contributed by atoms with Gasteiger partial charge in [-0.1, -0.05) is 41.0 Å². The van der Waals surface area contributed by atoms with E-state index < -0.39 is 5.97 Å². The molecule has 2 heterocycles. The van der Waals surface area contributed by atoms with Crippen molar-refractivity contribution in [3.63, 3.8) is 0 Å². The summed E-state index contributed by atoms with van der Waals surface area (Å²) >= 11 is 14.9. The van der Waals surface area contributed by atoms with Gasteiger partial charge in [-0.05, 0) is 43.4 Å². The summed E-state index contributed by atoms with van der Waals surface area (Å²) in [7, 11) is 1.35. The summed E-state index contributed by atoms with van der Waals surface area (Å²) in [6.45, 7) is 4.33. The Hall–Kier alpha value is -2.53. The first-order valence-electron chi connectivity index (χ1n) is 11.2. The number of aryl methyl sites for hydroxylation is 1. The molecule has 1 aliphatic rings. The van der Waals surface area contributed by atoms with Crippen molar-refractivity contribution in [3.8, 4) is 5.75 Å². The number of nitrogens with one attached hydrogen (secondary N) is 1. The highest BCUT2D eigenvalue weighted by atomic mass is 35.5. The number of rotatable bonds is 10. The maximum Gasteiger partial charge on any atom is 0.341 e. The van der Waals surface area contributed by atoms with E-state index in [0.717, 1.165) is 36.1 Å². The van der Waals surface area contributed by atoms with E-state index in [-0.39, 0.29) is 18.3 Å². The standard InChI is InChI=1S/C24H24Cl2N4O4S2/c1-3-10-30-19(12-34-17-11-14(25)8-9-16(17)26)28-29-24(30)35-13-20(31)27-22-21(23(32)33-2)15-6-4-5-7-18(15)36-22/h3,8-9,11H,1,4-7,10,12-13H2,2H3,(H,27,31). The van der Waals surface area contributed by atoms with Crippen LogP contribution in [0.3, 0.4) is 0 Å². The lowest BCUT2D eigenvalue weighted by molar-refractivity contribution is -0.113. The predicted molar refractivity (Wildman–Crippen MR) is 143 cm³/mol. The van der Waals surface area contributed by atoms with Crippen LogP contribution < -0.4 is 10.1 Å². The van der Waals surface area contributed by atoms with Crippen molar-refractivity contribution in [1.29, 1.82) is 0 Å². The fourth-order valence-corrected chi connectivity index (χ4v) is 6.23. The van der Waals surface area contributed by atoms with Gasteiger partial charge in [-0.2, -0.15) is 0 Å². The molecule has 0 spiro atoms. The number of carbonyl (C=O) groups excluding carboxylic acids is 2. The van der Waals surface area contributed by atoms with Gasteiger partial charge in [0.05, 0.1) is 23.4 Å². The van der Waals surface area contributed by atoms with Gasteiger partial charge in [0, 0.05) is 22.5 Å². The van der Waals surface area contributed by atoms with Crippen molar-refractivity contribution in [1.82, 2.24) is 14.8 Å². The zero-order valence-electron chi connectivity index (χ0n) is 19.5. The fourth-order valence-electron chi connectivity index (χ4n) is 3.84. The van der Waals surface area contributed by atoms with Crippen molar-refractivity contribution in [2.45, 2.75) is 44.0 Å². The molecule has 0 aliphatic heterocycles. The highest BCUT2D eigenvalue weighted by molar-refractivity contribution is 7.99. The van der Waals surface area contributed by atoms with Crippen LogP contribution in [-0.2, 0) is 35.5 Å². The second-order valence-electron chi connectivity index (χ2n) is 7.90. The summed E-state index contributed by atoms with van der Waals surface area (Å²) in [4.78, 5) is 26.4. The van der Waals surface area contributed by atoms with Gasteiger partial charge in [0.25, 0.3) is 0 Å². The number of thioether (sulfide) groups is 1. The summed E-state index contributed by atoms with van der Waals surface area (Å²) in [5.41, 5.74) is 1.47. The Morgan fingerprint density at radius 2 is 2.08 bits per heavy atom. The van der Waals surface area contributed by atoms with Gasteiger partial charge in [0.2, 0.25) is 5.91 Å². The Labute approximate surface area is 227 Å². The molecule has 3 aromatic rings. The summed E-state index contributed by atoms with van der Waals surface area (Å²) in [5.74, 6) is 0.394. The molecule has 190 valence electrons. The molecule has 0 fully saturated rings. The molecule has 8 nitrogen and oxygen atoms in total. The molecule has 1 aromatic carbocycles. The molecule has 0 bridgehead atoms. The topological polar surface area (TPSA) is 95.3 Å². The van der Waals surface area contributed by atoms with Crippen molar-refractivity contribution >= 4 is 63.2 Å². The van der Waals surface area contributed by atoms with Crippen LogP contribution in [0.1, 0.15) is 39.5 Å². The van der Waals surface area contributed by atoms with E-state index in [1.165, 1.54) is 30.2 Å². The summed E-state index contributed by atoms with van der Waals surface area (Å²) < 4.78 is 12.6. The molecule has 0 atom stereocenters. The molecule has 1 aliphatic carbocycles. The number of hydrogen-bond donors (Lipinski definition) is 1. The number of thiophene rings is 1. The number of nitrogens with zero attached hydrogens (tertiary/aromatic N) is 3. The number of benzene rings is 1. The number of aromatic nitrogens is 3. The first kappa shape index (κ1) is 26.5. The zero-order chi connectivity index (χ0) is 25.7. The van der Waals surface area contributed by atoms with Crippen LogP contribution in [0.25, 0.3) is 0 Å². The van der Waals surface area contributed by atoms with Crippen LogP contribution in [0.4, 0.5) is 5.00 Å². The van der Waals surface area contributed by atoms with Gasteiger partial charge in [0.15, 0.2) is 11.0 Å².